The minimum Gasteiger partial charge on any atom is -0.378 e. The first-order valence-corrected chi connectivity index (χ1v) is 10.3. The number of likely N-dealkylation sites (tertiary alicyclic amines) is 1. The van der Waals surface area contributed by atoms with E-state index in [-0.39, 0.29) is 12.3 Å². The number of aliphatic hydroxyl groups excluding tert-OH is 1. The van der Waals surface area contributed by atoms with Crippen LogP contribution in [0.15, 0.2) is 30.3 Å². The second-order valence-corrected chi connectivity index (χ2v) is 8.16. The number of nitrogens with two attached hydrogens (primary N) is 1. The van der Waals surface area contributed by atoms with Gasteiger partial charge in [0.1, 0.15) is 12.1 Å². The molecule has 8 heteroatoms. The van der Waals surface area contributed by atoms with Gasteiger partial charge in [-0.1, -0.05) is 25.0 Å². The van der Waals surface area contributed by atoms with Crippen LogP contribution in [0.25, 0.3) is 11.3 Å². The molecule has 3 rings (SSSR count). The lowest BCUT2D eigenvalue weighted by atomic mass is 9.98. The lowest BCUT2D eigenvalue weighted by Crippen LogP contribution is -2.28. The van der Waals surface area contributed by atoms with Crippen molar-refractivity contribution in [2.75, 3.05) is 13.6 Å². The van der Waals surface area contributed by atoms with Crippen molar-refractivity contribution in [3.05, 3.63) is 47.4 Å². The molecular weight excluding hydrogens is 393 g/mol. The second-order valence-electron chi connectivity index (χ2n) is 8.16. The lowest BCUT2D eigenvalue weighted by molar-refractivity contribution is -0.137. The maximum atomic E-state index is 12.8. The Morgan fingerprint density at radius 2 is 1.90 bits per heavy atom. The maximum Gasteiger partial charge on any atom is 0.416 e. The number of alkyl halides is 3. The molecule has 0 radical (unpaired) electrons. The van der Waals surface area contributed by atoms with Gasteiger partial charge in [-0.05, 0) is 57.4 Å². The number of halogens is 3. The molecule has 30 heavy (non-hydrogen) atoms. The van der Waals surface area contributed by atoms with Crippen molar-refractivity contribution in [2.24, 2.45) is 11.7 Å². The molecule has 1 aliphatic rings. The van der Waals surface area contributed by atoms with Crippen molar-refractivity contribution >= 4 is 0 Å². The Morgan fingerprint density at radius 1 is 1.20 bits per heavy atom. The van der Waals surface area contributed by atoms with E-state index in [0.717, 1.165) is 50.1 Å². The summed E-state index contributed by atoms with van der Waals surface area (Å²) in [6.07, 6.45) is -0.149. The Morgan fingerprint density at radius 3 is 2.50 bits per heavy atom. The molecule has 0 saturated carbocycles. The first-order valence-electron chi connectivity index (χ1n) is 10.3. The molecule has 1 fully saturated rings. The predicted octanol–water partition coefficient (Wildman–Crippen LogP) is 4.30. The highest BCUT2D eigenvalue weighted by molar-refractivity contribution is 5.60. The minimum absolute atomic E-state index is 0.313. The van der Waals surface area contributed by atoms with Crippen LogP contribution in [0.5, 0.6) is 0 Å². The zero-order valence-corrected chi connectivity index (χ0v) is 17.4. The summed E-state index contributed by atoms with van der Waals surface area (Å²) < 4.78 is 38.4. The minimum atomic E-state index is -4.36. The SMILES string of the molecule is Cc1cc(-c2ccc(C(F)(F)F)cc2)nc(C(N)CCCCC2CCN(C)C2O)n1. The molecule has 3 atom stereocenters. The molecule has 164 valence electrons. The van der Waals surface area contributed by atoms with Crippen LogP contribution in [0, 0.1) is 12.8 Å². The number of unbranched alkanes of at least 4 members (excludes halogenated alkanes) is 1. The van der Waals surface area contributed by atoms with Crippen molar-refractivity contribution in [3.8, 4) is 11.3 Å². The van der Waals surface area contributed by atoms with Gasteiger partial charge >= 0.3 is 6.18 Å². The van der Waals surface area contributed by atoms with E-state index >= 15 is 0 Å². The number of rotatable bonds is 7. The Labute approximate surface area is 175 Å². The van der Waals surface area contributed by atoms with E-state index in [0.29, 0.717) is 29.4 Å². The van der Waals surface area contributed by atoms with Crippen LogP contribution >= 0.6 is 0 Å². The topological polar surface area (TPSA) is 75.3 Å². The van der Waals surface area contributed by atoms with E-state index in [2.05, 4.69) is 9.97 Å². The molecule has 0 aliphatic carbocycles. The van der Waals surface area contributed by atoms with Crippen LogP contribution < -0.4 is 5.73 Å². The van der Waals surface area contributed by atoms with Crippen LogP contribution in [0.3, 0.4) is 0 Å². The normalized spacial score (nSPS) is 21.2. The van der Waals surface area contributed by atoms with Crippen LogP contribution in [-0.4, -0.2) is 39.8 Å². The fraction of sp³-hybridized carbons (Fsp3) is 0.545. The first-order chi connectivity index (χ1) is 14.1. The second kappa shape index (κ2) is 9.41. The molecule has 0 amide bonds. The Hall–Kier alpha value is -2.03. The highest BCUT2D eigenvalue weighted by atomic mass is 19.4. The standard InChI is InChI=1S/C22H29F3N4O/c1-14-13-19(15-7-9-17(10-8-15)22(23,24)25)28-20(27-14)18(26)6-4-3-5-16-11-12-29(2)21(16)30/h7-10,13,16,18,21,30H,3-6,11-12,26H2,1-2H3. The number of aliphatic hydroxyl groups is 1. The van der Waals surface area contributed by atoms with Gasteiger partial charge in [0.2, 0.25) is 0 Å². The summed E-state index contributed by atoms with van der Waals surface area (Å²) in [5.41, 5.74) is 7.51. The van der Waals surface area contributed by atoms with Gasteiger partial charge in [0.15, 0.2) is 0 Å². The molecule has 2 aromatic rings. The monoisotopic (exact) mass is 422 g/mol. The summed E-state index contributed by atoms with van der Waals surface area (Å²) in [5.74, 6) is 0.818. The zero-order chi connectivity index (χ0) is 21.9. The van der Waals surface area contributed by atoms with E-state index in [1.165, 1.54) is 12.1 Å². The maximum absolute atomic E-state index is 12.8. The predicted molar refractivity (Wildman–Crippen MR) is 109 cm³/mol. The summed E-state index contributed by atoms with van der Waals surface area (Å²) >= 11 is 0. The van der Waals surface area contributed by atoms with Crippen molar-refractivity contribution < 1.29 is 18.3 Å². The molecule has 3 unspecified atom stereocenters. The first kappa shape index (κ1) is 22.7. The van der Waals surface area contributed by atoms with Crippen molar-refractivity contribution in [2.45, 2.75) is 57.5 Å². The highest BCUT2D eigenvalue weighted by Gasteiger charge is 2.30. The number of aromatic nitrogens is 2. The number of hydrogen-bond acceptors (Lipinski definition) is 5. The molecule has 2 heterocycles. The van der Waals surface area contributed by atoms with Crippen LogP contribution in [0.2, 0.25) is 0 Å². The van der Waals surface area contributed by atoms with Gasteiger partial charge in [0, 0.05) is 17.8 Å². The number of aryl methyl sites for hydroxylation is 1. The third-order valence-electron chi connectivity index (χ3n) is 5.78. The van der Waals surface area contributed by atoms with E-state index < -0.39 is 11.7 Å². The van der Waals surface area contributed by atoms with Gasteiger partial charge in [-0.15, -0.1) is 0 Å². The lowest BCUT2D eigenvalue weighted by Gasteiger charge is -2.19. The van der Waals surface area contributed by atoms with E-state index in [4.69, 9.17) is 5.73 Å². The van der Waals surface area contributed by atoms with Gasteiger partial charge in [-0.3, -0.25) is 4.90 Å². The highest BCUT2D eigenvalue weighted by Crippen LogP contribution is 2.31. The molecule has 1 aromatic carbocycles. The number of nitrogens with zero attached hydrogens (tertiary/aromatic N) is 3. The van der Waals surface area contributed by atoms with Crippen LogP contribution in [0.1, 0.15) is 55.2 Å². The average molecular weight is 422 g/mol. The zero-order valence-electron chi connectivity index (χ0n) is 17.4. The van der Waals surface area contributed by atoms with Crippen molar-refractivity contribution in [3.63, 3.8) is 0 Å². The van der Waals surface area contributed by atoms with Crippen molar-refractivity contribution in [1.29, 1.82) is 0 Å². The Bertz CT molecular complexity index is 841. The summed E-state index contributed by atoms with van der Waals surface area (Å²) in [6.45, 7) is 2.75. The molecule has 0 bridgehead atoms. The largest absolute Gasteiger partial charge is 0.416 e. The summed E-state index contributed by atoms with van der Waals surface area (Å²) in [4.78, 5) is 10.9. The third-order valence-corrected chi connectivity index (χ3v) is 5.78. The number of hydrogen-bond donors (Lipinski definition) is 2. The fourth-order valence-electron chi connectivity index (χ4n) is 3.94. The molecule has 1 saturated heterocycles. The smallest absolute Gasteiger partial charge is 0.378 e. The molecule has 1 aliphatic heterocycles. The third kappa shape index (κ3) is 5.56. The van der Waals surface area contributed by atoms with Crippen molar-refractivity contribution in [1.82, 2.24) is 14.9 Å². The quantitative estimate of drug-likeness (QED) is 0.651. The molecule has 0 spiro atoms. The Kier molecular flexibility index (Phi) is 7.10. The molecular formula is C22H29F3N4O. The summed E-state index contributed by atoms with van der Waals surface area (Å²) in [5, 5.41) is 10.1. The Balaban J connectivity index is 1.60. The van der Waals surface area contributed by atoms with Gasteiger partial charge in [0.25, 0.3) is 0 Å². The van der Waals surface area contributed by atoms with Gasteiger partial charge in [-0.25, -0.2) is 9.97 Å². The van der Waals surface area contributed by atoms with Crippen LogP contribution in [0.4, 0.5) is 13.2 Å². The van der Waals surface area contributed by atoms with Gasteiger partial charge in [-0.2, -0.15) is 13.2 Å². The average Bonchev–Trinajstić information content (AvgIpc) is 3.02. The number of benzene rings is 1. The summed E-state index contributed by atoms with van der Waals surface area (Å²) in [7, 11) is 1.93. The van der Waals surface area contributed by atoms with E-state index in [1.807, 2.05) is 18.9 Å². The van der Waals surface area contributed by atoms with E-state index in [9.17, 15) is 18.3 Å². The van der Waals surface area contributed by atoms with E-state index in [1.54, 1.807) is 6.07 Å². The van der Waals surface area contributed by atoms with Crippen LogP contribution in [-0.2, 0) is 6.18 Å². The van der Waals surface area contributed by atoms with Gasteiger partial charge < -0.3 is 10.8 Å². The van der Waals surface area contributed by atoms with Gasteiger partial charge in [0.05, 0.1) is 17.3 Å². The molecule has 3 N–H and O–H groups in total. The fourth-order valence-corrected chi connectivity index (χ4v) is 3.94. The molecule has 5 nitrogen and oxygen atoms in total. The molecule has 1 aromatic heterocycles. The summed E-state index contributed by atoms with van der Waals surface area (Å²) in [6, 6.07) is 6.36.